The maximum Gasteiger partial charge on any atom is 0.303 e. The van der Waals surface area contributed by atoms with Crippen molar-refractivity contribution >= 4 is 23.2 Å². The number of carbonyl (C=O) groups excluding carboxylic acids is 1. The van der Waals surface area contributed by atoms with Crippen LogP contribution in [0.15, 0.2) is 41.8 Å². The van der Waals surface area contributed by atoms with E-state index in [4.69, 9.17) is 5.11 Å². The zero-order chi connectivity index (χ0) is 16.9. The van der Waals surface area contributed by atoms with Crippen LogP contribution < -0.4 is 0 Å². The first kappa shape index (κ1) is 16.7. The van der Waals surface area contributed by atoms with Crippen LogP contribution in [0.4, 0.5) is 0 Å². The van der Waals surface area contributed by atoms with E-state index in [9.17, 15) is 9.59 Å². The number of rotatable bonds is 5. The maximum absolute atomic E-state index is 13.0. The second kappa shape index (κ2) is 7.62. The smallest absolute Gasteiger partial charge is 0.303 e. The van der Waals surface area contributed by atoms with Crippen LogP contribution >= 0.6 is 11.3 Å². The first-order chi connectivity index (χ1) is 11.6. The van der Waals surface area contributed by atoms with Gasteiger partial charge in [-0.1, -0.05) is 30.3 Å². The average molecular weight is 343 g/mol. The van der Waals surface area contributed by atoms with Gasteiger partial charge in [-0.3, -0.25) is 9.59 Å². The third kappa shape index (κ3) is 3.85. The highest BCUT2D eigenvalue weighted by Gasteiger charge is 2.27. The zero-order valence-electron chi connectivity index (χ0n) is 13.5. The van der Waals surface area contributed by atoms with Gasteiger partial charge in [0.05, 0.1) is 4.88 Å². The molecule has 1 aliphatic rings. The van der Waals surface area contributed by atoms with Gasteiger partial charge in [0.2, 0.25) is 0 Å². The molecule has 1 fully saturated rings. The van der Waals surface area contributed by atoms with Crippen LogP contribution in [0.1, 0.15) is 35.4 Å². The summed E-state index contributed by atoms with van der Waals surface area (Å²) < 4.78 is 0. The molecule has 1 amide bonds. The monoisotopic (exact) mass is 343 g/mol. The van der Waals surface area contributed by atoms with Gasteiger partial charge in [-0.15, -0.1) is 11.3 Å². The minimum atomic E-state index is -0.761. The molecule has 0 spiro atoms. The molecule has 1 aromatic heterocycles. The Kier molecular flexibility index (Phi) is 5.30. The molecule has 24 heavy (non-hydrogen) atoms. The molecule has 1 atom stereocenters. The topological polar surface area (TPSA) is 57.6 Å². The van der Waals surface area contributed by atoms with E-state index < -0.39 is 5.97 Å². The summed E-state index contributed by atoms with van der Waals surface area (Å²) in [5.74, 6) is -0.397. The van der Waals surface area contributed by atoms with E-state index in [1.165, 1.54) is 11.3 Å². The van der Waals surface area contributed by atoms with Crippen LogP contribution in [0.2, 0.25) is 0 Å². The summed E-state index contributed by atoms with van der Waals surface area (Å²) in [6, 6.07) is 12.0. The molecule has 0 bridgehead atoms. The van der Waals surface area contributed by atoms with Crippen molar-refractivity contribution in [3.63, 3.8) is 0 Å². The minimum absolute atomic E-state index is 0.0730. The second-order valence-electron chi connectivity index (χ2n) is 6.22. The van der Waals surface area contributed by atoms with Gasteiger partial charge in [0.1, 0.15) is 0 Å². The number of carboxylic acid groups (broad SMARTS) is 1. The first-order valence-electron chi connectivity index (χ1n) is 8.29. The number of nitrogens with zero attached hydrogens (tertiary/aromatic N) is 1. The summed E-state index contributed by atoms with van der Waals surface area (Å²) in [7, 11) is 0. The van der Waals surface area contributed by atoms with Crippen LogP contribution in [-0.2, 0) is 4.79 Å². The van der Waals surface area contributed by atoms with Crippen molar-refractivity contribution < 1.29 is 14.7 Å². The summed E-state index contributed by atoms with van der Waals surface area (Å²) in [5.41, 5.74) is 2.04. The zero-order valence-corrected chi connectivity index (χ0v) is 14.3. The van der Waals surface area contributed by atoms with E-state index in [-0.39, 0.29) is 12.3 Å². The van der Waals surface area contributed by atoms with Gasteiger partial charge in [0, 0.05) is 25.1 Å². The molecule has 1 N–H and O–H groups in total. The van der Waals surface area contributed by atoms with Crippen molar-refractivity contribution in [3.05, 3.63) is 46.7 Å². The summed E-state index contributed by atoms with van der Waals surface area (Å²) in [6.45, 7) is 1.42. The van der Waals surface area contributed by atoms with Gasteiger partial charge in [-0.2, -0.15) is 0 Å². The summed E-state index contributed by atoms with van der Waals surface area (Å²) in [6.07, 6.45) is 2.78. The third-order valence-corrected chi connectivity index (χ3v) is 5.42. The summed E-state index contributed by atoms with van der Waals surface area (Å²) >= 11 is 1.48. The minimum Gasteiger partial charge on any atom is -0.481 e. The van der Waals surface area contributed by atoms with Crippen LogP contribution in [0.5, 0.6) is 0 Å². The van der Waals surface area contributed by atoms with E-state index in [0.29, 0.717) is 18.9 Å². The molecule has 5 heteroatoms. The third-order valence-electron chi connectivity index (χ3n) is 4.52. The highest BCUT2D eigenvalue weighted by molar-refractivity contribution is 7.12. The molecule has 1 saturated heterocycles. The van der Waals surface area contributed by atoms with Crippen LogP contribution in [0.25, 0.3) is 11.1 Å². The number of carboxylic acids is 1. The molecule has 4 nitrogen and oxygen atoms in total. The molecule has 2 heterocycles. The van der Waals surface area contributed by atoms with E-state index in [0.717, 1.165) is 35.4 Å². The van der Waals surface area contributed by atoms with E-state index in [1.54, 1.807) is 0 Å². The number of hydrogen-bond acceptors (Lipinski definition) is 3. The summed E-state index contributed by atoms with van der Waals surface area (Å²) in [5, 5.41) is 10.8. The van der Waals surface area contributed by atoms with Crippen molar-refractivity contribution in [1.82, 2.24) is 4.90 Å². The van der Waals surface area contributed by atoms with Gasteiger partial charge >= 0.3 is 5.97 Å². The Labute approximate surface area is 145 Å². The highest BCUT2D eigenvalue weighted by atomic mass is 32.1. The largest absolute Gasteiger partial charge is 0.481 e. The van der Waals surface area contributed by atoms with Crippen molar-refractivity contribution in [2.24, 2.45) is 5.92 Å². The number of amides is 1. The fraction of sp³-hybridized carbons (Fsp3) is 0.368. The van der Waals surface area contributed by atoms with Crippen LogP contribution in [0, 0.1) is 5.92 Å². The number of piperidine rings is 1. The first-order valence-corrected chi connectivity index (χ1v) is 9.17. The van der Waals surface area contributed by atoms with Crippen molar-refractivity contribution in [3.8, 4) is 11.1 Å². The van der Waals surface area contributed by atoms with Crippen LogP contribution in [0.3, 0.4) is 0 Å². The number of thiophene rings is 1. The average Bonchev–Trinajstić information content (AvgIpc) is 3.10. The number of carbonyl (C=O) groups is 2. The molecule has 1 unspecified atom stereocenters. The Bertz CT molecular complexity index is 710. The van der Waals surface area contributed by atoms with Crippen molar-refractivity contribution in [1.29, 1.82) is 0 Å². The predicted octanol–water partition coefficient (Wildman–Crippen LogP) is 4.13. The van der Waals surface area contributed by atoms with Gasteiger partial charge in [-0.05, 0) is 42.2 Å². The predicted molar refractivity (Wildman–Crippen MR) is 95.3 cm³/mol. The lowest BCUT2D eigenvalue weighted by molar-refractivity contribution is -0.137. The molecule has 126 valence electrons. The molecule has 1 aromatic carbocycles. The molecule has 2 aromatic rings. The Morgan fingerprint density at radius 3 is 2.75 bits per heavy atom. The quantitative estimate of drug-likeness (QED) is 0.888. The number of aliphatic carboxylic acids is 1. The number of likely N-dealkylation sites (tertiary alicyclic amines) is 1. The fourth-order valence-electron chi connectivity index (χ4n) is 3.28. The van der Waals surface area contributed by atoms with Gasteiger partial charge in [0.25, 0.3) is 5.91 Å². The fourth-order valence-corrected chi connectivity index (χ4v) is 4.16. The Morgan fingerprint density at radius 1 is 1.21 bits per heavy atom. The normalized spacial score (nSPS) is 17.7. The lowest BCUT2D eigenvalue weighted by Gasteiger charge is -2.32. The number of benzene rings is 1. The lowest BCUT2D eigenvalue weighted by atomic mass is 9.93. The van der Waals surface area contributed by atoms with E-state index in [2.05, 4.69) is 0 Å². The van der Waals surface area contributed by atoms with Gasteiger partial charge in [-0.25, -0.2) is 0 Å². The Morgan fingerprint density at radius 2 is 2.00 bits per heavy atom. The highest BCUT2D eigenvalue weighted by Crippen LogP contribution is 2.31. The second-order valence-corrected chi connectivity index (χ2v) is 7.14. The number of hydrogen-bond donors (Lipinski definition) is 1. The van der Waals surface area contributed by atoms with Crippen LogP contribution in [-0.4, -0.2) is 35.0 Å². The molecule has 1 aliphatic heterocycles. The Balaban J connectivity index is 1.73. The van der Waals surface area contributed by atoms with E-state index in [1.807, 2.05) is 46.7 Å². The van der Waals surface area contributed by atoms with Gasteiger partial charge < -0.3 is 10.0 Å². The molecule has 0 radical (unpaired) electrons. The molecular formula is C19H21NO3S. The standard InChI is InChI=1S/C19H21NO3S/c21-17(22)9-8-14-5-4-11-20(13-14)19(23)18-16(10-12-24-18)15-6-2-1-3-7-15/h1-3,6-7,10,12,14H,4-5,8-9,11,13H2,(H,21,22). The lowest BCUT2D eigenvalue weighted by Crippen LogP contribution is -2.39. The van der Waals surface area contributed by atoms with E-state index >= 15 is 0 Å². The van der Waals surface area contributed by atoms with Crippen molar-refractivity contribution in [2.45, 2.75) is 25.7 Å². The maximum atomic E-state index is 13.0. The molecule has 0 saturated carbocycles. The molecule has 3 rings (SSSR count). The van der Waals surface area contributed by atoms with Gasteiger partial charge in [0.15, 0.2) is 0 Å². The molecule has 0 aliphatic carbocycles. The van der Waals surface area contributed by atoms with Crippen molar-refractivity contribution in [2.75, 3.05) is 13.1 Å². The SMILES string of the molecule is O=C(O)CCC1CCCN(C(=O)c2sccc2-c2ccccc2)C1. The Hall–Kier alpha value is -2.14. The summed E-state index contributed by atoms with van der Waals surface area (Å²) in [4.78, 5) is 26.4. The molecular weight excluding hydrogens is 322 g/mol.